The number of hydrogen-bond donors (Lipinski definition) is 1. The molecule has 0 radical (unpaired) electrons. The molecule has 1 rings (SSSR count). The highest BCUT2D eigenvalue weighted by molar-refractivity contribution is 7.32. The first-order valence-electron chi connectivity index (χ1n) is 3.74. The first-order valence-corrected chi connectivity index (χ1v) is 5.00. The average Bonchev–Trinajstić information content (AvgIpc) is 1.93. The van der Waals surface area contributed by atoms with Crippen LogP contribution in [0.4, 0.5) is 4.39 Å². The van der Waals surface area contributed by atoms with Gasteiger partial charge in [-0.1, -0.05) is 12.8 Å². The summed E-state index contributed by atoms with van der Waals surface area (Å²) in [5.41, 5.74) is 0. The lowest BCUT2D eigenvalue weighted by Gasteiger charge is -2.24. The Bertz CT molecular complexity index is 153. The van der Waals surface area contributed by atoms with Gasteiger partial charge in [-0.3, -0.25) is 4.57 Å². The van der Waals surface area contributed by atoms with Gasteiger partial charge < -0.3 is 9.42 Å². The molecule has 5 heteroatoms. The molecule has 0 saturated heterocycles. The molecule has 1 aliphatic rings. The second-order valence-corrected chi connectivity index (χ2v) is 3.49. The van der Waals surface area contributed by atoms with Crippen molar-refractivity contribution in [3.05, 3.63) is 0 Å². The van der Waals surface area contributed by atoms with Crippen molar-refractivity contribution in [1.82, 2.24) is 0 Å². The highest BCUT2D eigenvalue weighted by Crippen LogP contribution is 2.30. The molecule has 66 valence electrons. The molecule has 1 saturated carbocycles. The summed E-state index contributed by atoms with van der Waals surface area (Å²) in [6.07, 6.45) is 1.08. The number of alkyl halides is 1. The Balaban J connectivity index is 2.35. The zero-order valence-corrected chi connectivity index (χ0v) is 7.12. The average molecular weight is 182 g/mol. The van der Waals surface area contributed by atoms with Gasteiger partial charge in [-0.05, 0) is 12.8 Å². The van der Waals surface area contributed by atoms with Crippen LogP contribution in [0.5, 0.6) is 0 Å². The van der Waals surface area contributed by atoms with Crippen LogP contribution in [0.3, 0.4) is 0 Å². The predicted molar refractivity (Wildman–Crippen MR) is 39.5 cm³/mol. The molecule has 0 aromatic heterocycles. The van der Waals surface area contributed by atoms with E-state index >= 15 is 0 Å². The third-order valence-electron chi connectivity index (χ3n) is 1.87. The molecule has 3 nitrogen and oxygen atoms in total. The van der Waals surface area contributed by atoms with Gasteiger partial charge in [0.15, 0.2) is 0 Å². The van der Waals surface area contributed by atoms with Gasteiger partial charge in [-0.15, -0.1) is 0 Å². The lowest BCUT2D eigenvalue weighted by molar-refractivity contribution is 0.0609. The summed E-state index contributed by atoms with van der Waals surface area (Å²) in [6, 6.07) is 0. The van der Waals surface area contributed by atoms with Gasteiger partial charge in [0, 0.05) is 0 Å². The molecule has 0 heterocycles. The Morgan fingerprint density at radius 2 is 2.09 bits per heavy atom. The summed E-state index contributed by atoms with van der Waals surface area (Å²) in [6.45, 7) is 0. The highest BCUT2D eigenvalue weighted by atomic mass is 31.1. The fourth-order valence-electron chi connectivity index (χ4n) is 1.31. The molecule has 11 heavy (non-hydrogen) atoms. The fraction of sp³-hybridized carbons (Fsp3) is 1.00. The van der Waals surface area contributed by atoms with Crippen molar-refractivity contribution >= 4 is 8.25 Å². The van der Waals surface area contributed by atoms with Crippen molar-refractivity contribution in [3.8, 4) is 0 Å². The van der Waals surface area contributed by atoms with E-state index in [1.54, 1.807) is 0 Å². The Hall–Kier alpha value is 0.0800. The third kappa shape index (κ3) is 2.89. The van der Waals surface area contributed by atoms with E-state index in [2.05, 4.69) is 4.52 Å². The largest absolute Gasteiger partial charge is 0.326 e. The zero-order valence-electron chi connectivity index (χ0n) is 6.12. The van der Waals surface area contributed by atoms with Gasteiger partial charge in [-0.2, -0.15) is 0 Å². The lowest BCUT2D eigenvalue weighted by Crippen LogP contribution is -2.26. The van der Waals surface area contributed by atoms with Gasteiger partial charge in [-0.25, -0.2) is 4.39 Å². The van der Waals surface area contributed by atoms with Gasteiger partial charge in [0.05, 0.1) is 6.10 Å². The summed E-state index contributed by atoms with van der Waals surface area (Å²) in [7, 11) is -2.96. The van der Waals surface area contributed by atoms with E-state index in [1.807, 2.05) is 0 Å². The molecule has 0 aliphatic heterocycles. The van der Waals surface area contributed by atoms with Crippen molar-refractivity contribution in [2.24, 2.45) is 0 Å². The molecule has 0 amide bonds. The molecular weight excluding hydrogens is 170 g/mol. The first kappa shape index (κ1) is 9.17. The summed E-state index contributed by atoms with van der Waals surface area (Å²) >= 11 is 0. The first-order chi connectivity index (χ1) is 5.20. The third-order valence-corrected chi connectivity index (χ3v) is 2.38. The second kappa shape index (κ2) is 4.19. The van der Waals surface area contributed by atoms with Crippen LogP contribution in [0.15, 0.2) is 0 Å². The van der Waals surface area contributed by atoms with Crippen molar-refractivity contribution in [1.29, 1.82) is 0 Å². The Kier molecular flexibility index (Phi) is 3.49. The maximum Gasteiger partial charge on any atom is 0.316 e. The fourth-order valence-corrected chi connectivity index (χ4v) is 1.84. The monoisotopic (exact) mass is 182 g/mol. The van der Waals surface area contributed by atoms with E-state index < -0.39 is 20.5 Å². The van der Waals surface area contributed by atoms with Crippen LogP contribution in [-0.2, 0) is 9.09 Å². The molecule has 0 spiro atoms. The molecule has 3 unspecified atom stereocenters. The minimum atomic E-state index is -2.96. The van der Waals surface area contributed by atoms with Gasteiger partial charge in [0.25, 0.3) is 0 Å². The van der Waals surface area contributed by atoms with Crippen molar-refractivity contribution in [3.63, 3.8) is 0 Å². The molecule has 1 aliphatic carbocycles. The summed E-state index contributed by atoms with van der Waals surface area (Å²) in [5, 5.41) is 0. The Morgan fingerprint density at radius 1 is 1.45 bits per heavy atom. The van der Waals surface area contributed by atoms with Crippen LogP contribution in [0.1, 0.15) is 25.7 Å². The van der Waals surface area contributed by atoms with E-state index in [-0.39, 0.29) is 0 Å². The molecule has 0 aromatic rings. The van der Waals surface area contributed by atoms with Crippen LogP contribution in [-0.4, -0.2) is 17.2 Å². The number of rotatable bonds is 2. The van der Waals surface area contributed by atoms with E-state index in [0.717, 1.165) is 12.8 Å². The molecule has 1 N–H and O–H groups in total. The summed E-state index contributed by atoms with van der Waals surface area (Å²) in [5.74, 6) is 0. The SMILES string of the molecule is O=[PH](O)OC1CCCCC1F. The number of halogens is 1. The molecule has 3 atom stereocenters. The topological polar surface area (TPSA) is 46.5 Å². The quantitative estimate of drug-likeness (QED) is 0.660. The van der Waals surface area contributed by atoms with Crippen LogP contribution in [0, 0.1) is 0 Å². The summed E-state index contributed by atoms with van der Waals surface area (Å²) < 4.78 is 27.6. The van der Waals surface area contributed by atoms with Gasteiger partial charge >= 0.3 is 8.25 Å². The van der Waals surface area contributed by atoms with E-state index in [9.17, 15) is 8.96 Å². The smallest absolute Gasteiger partial charge is 0.316 e. The van der Waals surface area contributed by atoms with Gasteiger partial charge in [0.2, 0.25) is 0 Å². The lowest BCUT2D eigenvalue weighted by atomic mass is 9.96. The van der Waals surface area contributed by atoms with Gasteiger partial charge in [0.1, 0.15) is 6.17 Å². The van der Waals surface area contributed by atoms with Crippen LogP contribution < -0.4 is 0 Å². The molecule has 0 bridgehead atoms. The van der Waals surface area contributed by atoms with Crippen LogP contribution >= 0.6 is 8.25 Å². The maximum absolute atomic E-state index is 12.8. The zero-order chi connectivity index (χ0) is 8.27. The molecule has 1 fully saturated rings. The maximum atomic E-state index is 12.8. The normalized spacial score (nSPS) is 35.1. The minimum absolute atomic E-state index is 0.458. The Morgan fingerprint density at radius 3 is 2.64 bits per heavy atom. The second-order valence-electron chi connectivity index (χ2n) is 2.72. The van der Waals surface area contributed by atoms with Crippen LogP contribution in [0.25, 0.3) is 0 Å². The standard InChI is InChI=1S/C6H12FO3P/c7-5-3-1-2-4-6(5)10-11(8)9/h5-6,11H,1-4H2,(H,8,9). The van der Waals surface area contributed by atoms with Crippen molar-refractivity contribution in [2.45, 2.75) is 38.0 Å². The van der Waals surface area contributed by atoms with E-state index in [1.165, 1.54) is 0 Å². The van der Waals surface area contributed by atoms with E-state index in [0.29, 0.717) is 12.8 Å². The molecular formula is C6H12FO3P. The minimum Gasteiger partial charge on any atom is -0.326 e. The van der Waals surface area contributed by atoms with Crippen LogP contribution in [0.2, 0.25) is 0 Å². The van der Waals surface area contributed by atoms with Crippen molar-refractivity contribution in [2.75, 3.05) is 0 Å². The summed E-state index contributed by atoms with van der Waals surface area (Å²) in [4.78, 5) is 8.38. The van der Waals surface area contributed by atoms with E-state index in [4.69, 9.17) is 4.89 Å². The number of hydrogen-bond acceptors (Lipinski definition) is 2. The Labute approximate surface area is 65.5 Å². The predicted octanol–water partition coefficient (Wildman–Crippen LogP) is 1.67. The highest BCUT2D eigenvalue weighted by Gasteiger charge is 2.26. The van der Waals surface area contributed by atoms with Crippen molar-refractivity contribution < 1.29 is 18.4 Å². The molecule has 0 aromatic carbocycles.